The van der Waals surface area contributed by atoms with Crippen molar-refractivity contribution < 1.29 is 9.53 Å². The van der Waals surface area contributed by atoms with Gasteiger partial charge in [0.25, 0.3) is 0 Å². The van der Waals surface area contributed by atoms with E-state index < -0.39 is 6.09 Å². The van der Waals surface area contributed by atoms with Gasteiger partial charge in [0.2, 0.25) is 0 Å². The number of nitrogens with two attached hydrogens (primary N) is 1. The largest absolute Gasteiger partial charge is 0.448 e. The number of carbonyl (C=O) groups excluding carboxylic acids is 1. The SMILES string of the molecule is CCOC(=O)N1N=C(c2ccccc2)N(N)CC1=S. The molecule has 1 aliphatic heterocycles. The van der Waals surface area contributed by atoms with E-state index >= 15 is 0 Å². The maximum absolute atomic E-state index is 11.7. The van der Waals surface area contributed by atoms with Crippen LogP contribution in [0.2, 0.25) is 0 Å². The Morgan fingerprint density at radius 3 is 2.79 bits per heavy atom. The molecule has 0 saturated heterocycles. The average molecular weight is 278 g/mol. The molecule has 0 radical (unpaired) electrons. The van der Waals surface area contributed by atoms with Crippen molar-refractivity contribution in [3.05, 3.63) is 35.9 Å². The molecule has 0 atom stereocenters. The molecule has 1 aliphatic rings. The Kier molecular flexibility index (Phi) is 4.08. The summed E-state index contributed by atoms with van der Waals surface area (Å²) in [5, 5.41) is 6.65. The molecular weight excluding hydrogens is 264 g/mol. The Bertz CT molecular complexity index is 518. The second kappa shape index (κ2) is 5.77. The Morgan fingerprint density at radius 2 is 2.16 bits per heavy atom. The molecular formula is C12H14N4O2S. The van der Waals surface area contributed by atoms with Gasteiger partial charge in [0, 0.05) is 5.56 Å². The van der Waals surface area contributed by atoms with Crippen molar-refractivity contribution >= 4 is 29.1 Å². The minimum atomic E-state index is -0.589. The summed E-state index contributed by atoms with van der Waals surface area (Å²) in [5.41, 5.74) is 0.807. The van der Waals surface area contributed by atoms with Crippen molar-refractivity contribution in [2.24, 2.45) is 10.9 Å². The lowest BCUT2D eigenvalue weighted by molar-refractivity contribution is 0.127. The van der Waals surface area contributed by atoms with Crippen LogP contribution >= 0.6 is 12.2 Å². The third kappa shape index (κ3) is 2.88. The van der Waals surface area contributed by atoms with Gasteiger partial charge in [0.1, 0.15) is 4.99 Å². The molecule has 100 valence electrons. The molecule has 1 amide bonds. The number of ether oxygens (including phenoxy) is 1. The summed E-state index contributed by atoms with van der Waals surface area (Å²) in [5.74, 6) is 6.35. The summed E-state index contributed by atoms with van der Waals surface area (Å²) in [7, 11) is 0. The number of hydrogen-bond donors (Lipinski definition) is 1. The molecule has 2 N–H and O–H groups in total. The van der Waals surface area contributed by atoms with E-state index in [1.165, 1.54) is 5.01 Å². The number of nitrogens with zero attached hydrogens (tertiary/aromatic N) is 3. The summed E-state index contributed by atoms with van der Waals surface area (Å²) in [6.45, 7) is 2.23. The van der Waals surface area contributed by atoms with Crippen LogP contribution in [0.3, 0.4) is 0 Å². The molecule has 19 heavy (non-hydrogen) atoms. The van der Waals surface area contributed by atoms with Crippen LogP contribution in [0.5, 0.6) is 0 Å². The van der Waals surface area contributed by atoms with Crippen LogP contribution in [-0.4, -0.2) is 40.1 Å². The molecule has 0 spiro atoms. The van der Waals surface area contributed by atoms with E-state index in [2.05, 4.69) is 5.10 Å². The molecule has 1 aromatic rings. The maximum atomic E-state index is 11.7. The van der Waals surface area contributed by atoms with E-state index in [1.54, 1.807) is 6.92 Å². The van der Waals surface area contributed by atoms with Crippen molar-refractivity contribution in [3.63, 3.8) is 0 Å². The number of hydrazine groups is 1. The zero-order valence-electron chi connectivity index (χ0n) is 10.4. The fourth-order valence-corrected chi connectivity index (χ4v) is 1.89. The normalized spacial score (nSPS) is 15.3. The number of hydrogen-bond acceptors (Lipinski definition) is 6. The van der Waals surface area contributed by atoms with E-state index in [0.29, 0.717) is 10.8 Å². The first-order valence-electron chi connectivity index (χ1n) is 5.79. The predicted molar refractivity (Wildman–Crippen MR) is 75.3 cm³/mol. The zero-order chi connectivity index (χ0) is 13.8. The first-order chi connectivity index (χ1) is 9.13. The summed E-state index contributed by atoms with van der Waals surface area (Å²) in [6.07, 6.45) is -0.589. The average Bonchev–Trinajstić information content (AvgIpc) is 2.40. The lowest BCUT2D eigenvalue weighted by atomic mass is 10.2. The quantitative estimate of drug-likeness (QED) is 0.652. The molecule has 1 heterocycles. The highest BCUT2D eigenvalue weighted by Gasteiger charge is 2.28. The Balaban J connectivity index is 2.33. The van der Waals surface area contributed by atoms with Crippen molar-refractivity contribution in [1.29, 1.82) is 0 Å². The van der Waals surface area contributed by atoms with Crippen molar-refractivity contribution in [3.8, 4) is 0 Å². The molecule has 0 aromatic heterocycles. The van der Waals surface area contributed by atoms with E-state index in [-0.39, 0.29) is 13.2 Å². The number of benzene rings is 1. The molecule has 7 heteroatoms. The minimum Gasteiger partial charge on any atom is -0.448 e. The Morgan fingerprint density at radius 1 is 1.47 bits per heavy atom. The topological polar surface area (TPSA) is 71.2 Å². The number of thiocarbonyl (C=S) groups is 1. The number of amides is 1. The van der Waals surface area contributed by atoms with Gasteiger partial charge in [-0.05, 0) is 6.92 Å². The third-order valence-electron chi connectivity index (χ3n) is 2.48. The van der Waals surface area contributed by atoms with Crippen molar-refractivity contribution in [1.82, 2.24) is 10.0 Å². The zero-order valence-corrected chi connectivity index (χ0v) is 11.3. The Hall–Kier alpha value is -1.99. The summed E-state index contributed by atoms with van der Waals surface area (Å²) >= 11 is 5.09. The lowest BCUT2D eigenvalue weighted by Crippen LogP contribution is -2.51. The van der Waals surface area contributed by atoms with E-state index in [9.17, 15) is 4.79 Å². The second-order valence-electron chi connectivity index (χ2n) is 3.82. The van der Waals surface area contributed by atoms with Gasteiger partial charge >= 0.3 is 6.09 Å². The highest BCUT2D eigenvalue weighted by molar-refractivity contribution is 7.80. The summed E-state index contributed by atoms with van der Waals surface area (Å²) in [6, 6.07) is 9.34. The van der Waals surface area contributed by atoms with E-state index in [4.69, 9.17) is 22.8 Å². The number of carbonyl (C=O) groups is 1. The second-order valence-corrected chi connectivity index (χ2v) is 4.29. The van der Waals surface area contributed by atoms with Crippen LogP contribution in [0.4, 0.5) is 4.79 Å². The molecule has 0 unspecified atom stereocenters. The number of hydrazone groups is 1. The fraction of sp³-hybridized carbons (Fsp3) is 0.250. The van der Waals surface area contributed by atoms with E-state index in [1.807, 2.05) is 30.3 Å². The van der Waals surface area contributed by atoms with Gasteiger partial charge in [-0.3, -0.25) is 5.01 Å². The Labute approximate surface area is 116 Å². The fourth-order valence-electron chi connectivity index (χ4n) is 1.63. The van der Waals surface area contributed by atoms with Crippen molar-refractivity contribution in [2.45, 2.75) is 6.92 Å². The van der Waals surface area contributed by atoms with E-state index in [0.717, 1.165) is 10.6 Å². The van der Waals surface area contributed by atoms with Gasteiger partial charge in [-0.2, -0.15) is 5.01 Å². The first-order valence-corrected chi connectivity index (χ1v) is 6.20. The van der Waals surface area contributed by atoms with Crippen LogP contribution in [0.15, 0.2) is 35.4 Å². The maximum Gasteiger partial charge on any atom is 0.435 e. The molecule has 0 bridgehead atoms. The van der Waals surface area contributed by atoms with Crippen molar-refractivity contribution in [2.75, 3.05) is 13.2 Å². The predicted octanol–water partition coefficient (Wildman–Crippen LogP) is 1.32. The summed E-state index contributed by atoms with van der Waals surface area (Å²) in [4.78, 5) is 12.0. The summed E-state index contributed by atoms with van der Waals surface area (Å²) < 4.78 is 4.90. The highest BCUT2D eigenvalue weighted by atomic mass is 32.1. The van der Waals surface area contributed by atoms with Gasteiger partial charge in [0.05, 0.1) is 13.2 Å². The van der Waals surface area contributed by atoms with Gasteiger partial charge in [-0.25, -0.2) is 10.6 Å². The smallest absolute Gasteiger partial charge is 0.435 e. The van der Waals surface area contributed by atoms with Gasteiger partial charge in [-0.15, -0.1) is 5.10 Å². The van der Waals surface area contributed by atoms with Gasteiger partial charge in [-0.1, -0.05) is 42.5 Å². The van der Waals surface area contributed by atoms with Crippen LogP contribution in [0, 0.1) is 0 Å². The molecule has 1 aromatic carbocycles. The van der Waals surface area contributed by atoms with Gasteiger partial charge in [0.15, 0.2) is 5.84 Å². The molecule has 0 aliphatic carbocycles. The van der Waals surface area contributed by atoms with Crippen LogP contribution in [0.1, 0.15) is 12.5 Å². The highest BCUT2D eigenvalue weighted by Crippen LogP contribution is 2.12. The van der Waals surface area contributed by atoms with Crippen LogP contribution < -0.4 is 5.84 Å². The minimum absolute atomic E-state index is 0.238. The number of amidine groups is 1. The molecule has 0 saturated carbocycles. The van der Waals surface area contributed by atoms with Crippen LogP contribution in [-0.2, 0) is 4.74 Å². The standard InChI is InChI=1S/C12H14N4O2S/c1-2-18-12(17)16-10(19)8-15(13)11(14-16)9-6-4-3-5-7-9/h3-7H,2,8,13H2,1H3. The van der Waals surface area contributed by atoms with Gasteiger partial charge < -0.3 is 4.74 Å². The van der Waals surface area contributed by atoms with Crippen LogP contribution in [0.25, 0.3) is 0 Å². The monoisotopic (exact) mass is 278 g/mol. The molecule has 2 rings (SSSR count). The number of rotatable bonds is 2. The first kappa shape index (κ1) is 13.4. The molecule has 0 fully saturated rings. The third-order valence-corrected chi connectivity index (χ3v) is 2.78. The lowest BCUT2D eigenvalue weighted by Gasteiger charge is -2.30. The molecule has 6 nitrogen and oxygen atoms in total.